The average molecular weight is 275 g/mol. The highest BCUT2D eigenvalue weighted by Crippen LogP contribution is 2.25. The third-order valence-electron chi connectivity index (χ3n) is 4.22. The summed E-state index contributed by atoms with van der Waals surface area (Å²) in [4.78, 5) is 7.35. The van der Waals surface area contributed by atoms with E-state index in [4.69, 9.17) is 4.98 Å². The Labute approximate surface area is 123 Å². The molecule has 3 nitrogen and oxygen atoms in total. The van der Waals surface area contributed by atoms with E-state index in [2.05, 4.69) is 43.1 Å². The number of aromatic nitrogens is 1. The maximum Gasteiger partial charge on any atom is 0.129 e. The first-order chi connectivity index (χ1) is 9.74. The van der Waals surface area contributed by atoms with Gasteiger partial charge in [0.05, 0.1) is 0 Å². The van der Waals surface area contributed by atoms with Crippen LogP contribution in [-0.4, -0.2) is 24.1 Å². The fraction of sp³-hybridized carbons (Fsp3) is 0.706. The first-order valence-corrected chi connectivity index (χ1v) is 8.19. The Bertz CT molecular complexity index is 417. The molecule has 0 bridgehead atoms. The van der Waals surface area contributed by atoms with E-state index in [1.165, 1.54) is 43.5 Å². The molecule has 3 heteroatoms. The van der Waals surface area contributed by atoms with Gasteiger partial charge in [0, 0.05) is 24.8 Å². The molecule has 0 amide bonds. The number of hydrogen-bond acceptors (Lipinski definition) is 3. The largest absolute Gasteiger partial charge is 0.354 e. The van der Waals surface area contributed by atoms with Gasteiger partial charge in [-0.15, -0.1) is 0 Å². The summed E-state index contributed by atoms with van der Waals surface area (Å²) in [6.07, 6.45) is 6.57. The van der Waals surface area contributed by atoms with Gasteiger partial charge in [0.15, 0.2) is 0 Å². The molecule has 20 heavy (non-hydrogen) atoms. The molecule has 1 aliphatic heterocycles. The smallest absolute Gasteiger partial charge is 0.129 e. The highest BCUT2D eigenvalue weighted by molar-refractivity contribution is 5.44. The molecule has 1 atom stereocenters. The highest BCUT2D eigenvalue weighted by Gasteiger charge is 2.21. The zero-order valence-corrected chi connectivity index (χ0v) is 13.3. The van der Waals surface area contributed by atoms with Crippen LogP contribution in [0.1, 0.15) is 57.2 Å². The number of anilines is 1. The molecular weight excluding hydrogens is 246 g/mol. The minimum atomic E-state index is 0.666. The molecule has 2 rings (SSSR count). The van der Waals surface area contributed by atoms with Crippen molar-refractivity contribution in [3.8, 4) is 0 Å². The predicted molar refractivity (Wildman–Crippen MR) is 86.2 cm³/mol. The monoisotopic (exact) mass is 275 g/mol. The fourth-order valence-electron chi connectivity index (χ4n) is 3.14. The molecule has 0 aromatic carbocycles. The number of nitrogens with zero attached hydrogens (tertiary/aromatic N) is 2. The standard InChI is InChI=1S/C17H29N3/c1-4-16-9-7-6-8-10-20(16)17-12-15(13-18-5-2)11-14(3)19-17/h11-12,16,18H,4-10,13H2,1-3H3. The van der Waals surface area contributed by atoms with Crippen molar-refractivity contribution in [3.63, 3.8) is 0 Å². The number of nitrogens with one attached hydrogen (secondary N) is 1. The predicted octanol–water partition coefficient (Wildman–Crippen LogP) is 3.66. The van der Waals surface area contributed by atoms with Crippen LogP contribution in [0.25, 0.3) is 0 Å². The summed E-state index contributed by atoms with van der Waals surface area (Å²) in [6.45, 7) is 9.68. The zero-order chi connectivity index (χ0) is 14.4. The van der Waals surface area contributed by atoms with Crippen molar-refractivity contribution in [2.75, 3.05) is 18.0 Å². The van der Waals surface area contributed by atoms with Gasteiger partial charge in [0.1, 0.15) is 5.82 Å². The summed E-state index contributed by atoms with van der Waals surface area (Å²) in [6, 6.07) is 5.15. The van der Waals surface area contributed by atoms with Gasteiger partial charge in [0.2, 0.25) is 0 Å². The molecular formula is C17H29N3. The van der Waals surface area contributed by atoms with E-state index in [1.54, 1.807) is 0 Å². The highest BCUT2D eigenvalue weighted by atomic mass is 15.2. The van der Waals surface area contributed by atoms with Gasteiger partial charge in [-0.25, -0.2) is 4.98 Å². The van der Waals surface area contributed by atoms with Crippen LogP contribution >= 0.6 is 0 Å². The van der Waals surface area contributed by atoms with Gasteiger partial charge in [-0.05, 0) is 50.4 Å². The van der Waals surface area contributed by atoms with Crippen LogP contribution in [0.2, 0.25) is 0 Å². The zero-order valence-electron chi connectivity index (χ0n) is 13.3. The molecule has 112 valence electrons. The maximum atomic E-state index is 4.80. The quantitative estimate of drug-likeness (QED) is 0.889. The molecule has 1 N–H and O–H groups in total. The fourth-order valence-corrected chi connectivity index (χ4v) is 3.14. The lowest BCUT2D eigenvalue weighted by Gasteiger charge is -2.31. The normalized spacial score (nSPS) is 19.9. The minimum absolute atomic E-state index is 0.666. The summed E-state index contributed by atoms with van der Waals surface area (Å²) in [5, 5.41) is 3.41. The van der Waals surface area contributed by atoms with Crippen molar-refractivity contribution in [2.45, 2.75) is 65.5 Å². The number of pyridine rings is 1. The number of aryl methyl sites for hydroxylation is 1. The van der Waals surface area contributed by atoms with E-state index in [0.29, 0.717) is 6.04 Å². The van der Waals surface area contributed by atoms with E-state index < -0.39 is 0 Å². The third kappa shape index (κ3) is 3.95. The Morgan fingerprint density at radius 2 is 2.10 bits per heavy atom. The topological polar surface area (TPSA) is 28.2 Å². The van der Waals surface area contributed by atoms with Gasteiger partial charge in [-0.2, -0.15) is 0 Å². The Balaban J connectivity index is 2.22. The van der Waals surface area contributed by atoms with Crippen LogP contribution in [0.15, 0.2) is 12.1 Å². The first kappa shape index (κ1) is 15.3. The Morgan fingerprint density at radius 3 is 2.85 bits per heavy atom. The van der Waals surface area contributed by atoms with Gasteiger partial charge in [-0.3, -0.25) is 0 Å². The number of rotatable bonds is 5. The van der Waals surface area contributed by atoms with Gasteiger partial charge in [0.25, 0.3) is 0 Å². The van der Waals surface area contributed by atoms with Gasteiger partial charge < -0.3 is 10.2 Å². The van der Waals surface area contributed by atoms with Crippen molar-refractivity contribution < 1.29 is 0 Å². The number of hydrogen-bond donors (Lipinski definition) is 1. The van der Waals surface area contributed by atoms with Crippen LogP contribution in [0.3, 0.4) is 0 Å². The van der Waals surface area contributed by atoms with Gasteiger partial charge >= 0.3 is 0 Å². The summed E-state index contributed by atoms with van der Waals surface area (Å²) in [5.41, 5.74) is 2.49. The second-order valence-electron chi connectivity index (χ2n) is 5.86. The molecule has 0 spiro atoms. The molecule has 2 heterocycles. The summed E-state index contributed by atoms with van der Waals surface area (Å²) >= 11 is 0. The van der Waals surface area contributed by atoms with Crippen molar-refractivity contribution in [1.82, 2.24) is 10.3 Å². The summed E-state index contributed by atoms with van der Waals surface area (Å²) in [5.74, 6) is 1.19. The Kier molecular flexibility index (Phi) is 5.84. The van der Waals surface area contributed by atoms with E-state index in [1.807, 2.05) is 0 Å². The van der Waals surface area contributed by atoms with Crippen molar-refractivity contribution in [3.05, 3.63) is 23.4 Å². The molecule has 0 aliphatic carbocycles. The van der Waals surface area contributed by atoms with Crippen molar-refractivity contribution >= 4 is 5.82 Å². The lowest BCUT2D eigenvalue weighted by Crippen LogP contribution is -2.35. The Hall–Kier alpha value is -1.09. The van der Waals surface area contributed by atoms with Crippen LogP contribution in [0.5, 0.6) is 0 Å². The lowest BCUT2D eigenvalue weighted by atomic mass is 10.1. The van der Waals surface area contributed by atoms with Crippen molar-refractivity contribution in [2.24, 2.45) is 0 Å². The molecule has 1 aromatic rings. The van der Waals surface area contributed by atoms with Crippen molar-refractivity contribution in [1.29, 1.82) is 0 Å². The SMILES string of the molecule is CCNCc1cc(C)nc(N2CCCCCC2CC)c1. The molecule has 1 fully saturated rings. The van der Waals surface area contributed by atoms with E-state index >= 15 is 0 Å². The third-order valence-corrected chi connectivity index (χ3v) is 4.22. The maximum absolute atomic E-state index is 4.80. The summed E-state index contributed by atoms with van der Waals surface area (Å²) < 4.78 is 0. The van der Waals surface area contributed by atoms with E-state index in [-0.39, 0.29) is 0 Å². The van der Waals surface area contributed by atoms with Gasteiger partial charge in [-0.1, -0.05) is 26.7 Å². The average Bonchev–Trinajstić information content (AvgIpc) is 2.69. The van der Waals surface area contributed by atoms with Crippen LogP contribution in [-0.2, 0) is 6.54 Å². The molecule has 1 unspecified atom stereocenters. The van der Waals surface area contributed by atoms with E-state index in [0.717, 1.165) is 25.3 Å². The Morgan fingerprint density at radius 1 is 1.25 bits per heavy atom. The van der Waals surface area contributed by atoms with Crippen LogP contribution < -0.4 is 10.2 Å². The molecule has 0 saturated carbocycles. The lowest BCUT2D eigenvalue weighted by molar-refractivity contribution is 0.551. The van der Waals surface area contributed by atoms with E-state index in [9.17, 15) is 0 Å². The first-order valence-electron chi connectivity index (χ1n) is 8.19. The molecule has 1 aromatic heterocycles. The molecule has 1 saturated heterocycles. The minimum Gasteiger partial charge on any atom is -0.354 e. The summed E-state index contributed by atoms with van der Waals surface area (Å²) in [7, 11) is 0. The molecule has 1 aliphatic rings. The molecule has 0 radical (unpaired) electrons. The second-order valence-corrected chi connectivity index (χ2v) is 5.86. The second kappa shape index (κ2) is 7.63. The van der Waals surface area contributed by atoms with Crippen LogP contribution in [0.4, 0.5) is 5.82 Å². The van der Waals surface area contributed by atoms with Crippen LogP contribution in [0, 0.1) is 6.92 Å².